The van der Waals surface area contributed by atoms with Gasteiger partial charge in [-0.05, 0) is 76.0 Å². The summed E-state index contributed by atoms with van der Waals surface area (Å²) in [6, 6.07) is 0. The Kier molecular flexibility index (Phi) is 4.72. The van der Waals surface area contributed by atoms with Crippen molar-refractivity contribution in [3.8, 4) is 12.3 Å². The molecule has 94 valence electrons. The highest BCUT2D eigenvalue weighted by Gasteiger charge is 2.29. The molecule has 0 N–H and O–H groups in total. The number of hydrogen-bond donors (Lipinski definition) is 0. The van der Waals surface area contributed by atoms with Gasteiger partial charge in [0.25, 0.3) is 0 Å². The highest BCUT2D eigenvalue weighted by atomic mass is 14.3. The van der Waals surface area contributed by atoms with Gasteiger partial charge in [0, 0.05) is 5.92 Å². The maximum atomic E-state index is 5.52. The fourth-order valence-electron chi connectivity index (χ4n) is 3.84. The Labute approximate surface area is 107 Å². The van der Waals surface area contributed by atoms with Crippen LogP contribution in [0.2, 0.25) is 0 Å². The Morgan fingerprint density at radius 1 is 0.882 bits per heavy atom. The molecule has 2 saturated carbocycles. The zero-order valence-electron chi connectivity index (χ0n) is 11.2. The van der Waals surface area contributed by atoms with Gasteiger partial charge in [0.15, 0.2) is 0 Å². The van der Waals surface area contributed by atoms with Crippen molar-refractivity contribution in [3.63, 3.8) is 0 Å². The van der Waals surface area contributed by atoms with Crippen LogP contribution < -0.4 is 0 Å². The van der Waals surface area contributed by atoms with Crippen LogP contribution in [0.5, 0.6) is 0 Å². The van der Waals surface area contributed by atoms with Crippen LogP contribution in [0.1, 0.15) is 58.3 Å². The first-order valence-electron chi connectivity index (χ1n) is 7.42. The second-order valence-electron chi connectivity index (χ2n) is 5.98. The summed E-state index contributed by atoms with van der Waals surface area (Å²) in [5.74, 6) is 6.41. The highest BCUT2D eigenvalue weighted by Crippen LogP contribution is 2.41. The molecule has 0 aromatic heterocycles. The van der Waals surface area contributed by atoms with Crippen molar-refractivity contribution in [2.24, 2.45) is 23.7 Å². The van der Waals surface area contributed by atoms with E-state index >= 15 is 0 Å². The third-order valence-electron chi connectivity index (χ3n) is 4.96. The monoisotopic (exact) mass is 230 g/mol. The lowest BCUT2D eigenvalue weighted by Gasteiger charge is -2.36. The third kappa shape index (κ3) is 3.38. The number of hydrogen-bond acceptors (Lipinski definition) is 0. The second-order valence-corrected chi connectivity index (χ2v) is 5.98. The Morgan fingerprint density at radius 2 is 1.41 bits per heavy atom. The predicted molar refractivity (Wildman–Crippen MR) is 74.5 cm³/mol. The summed E-state index contributed by atoms with van der Waals surface area (Å²) in [7, 11) is 0. The average molecular weight is 230 g/mol. The topological polar surface area (TPSA) is 0 Å². The Balaban J connectivity index is 1.76. The fraction of sp³-hybridized carbons (Fsp3) is 0.765. The van der Waals surface area contributed by atoms with Gasteiger partial charge >= 0.3 is 0 Å². The van der Waals surface area contributed by atoms with Gasteiger partial charge in [0.05, 0.1) is 0 Å². The molecule has 0 heteroatoms. The molecule has 0 aromatic carbocycles. The molecule has 0 atom stereocenters. The van der Waals surface area contributed by atoms with Crippen molar-refractivity contribution in [2.75, 3.05) is 0 Å². The maximum Gasteiger partial charge on any atom is 0.0200 e. The predicted octanol–water partition coefficient (Wildman–Crippen LogP) is 4.81. The zero-order valence-corrected chi connectivity index (χ0v) is 11.2. The first-order chi connectivity index (χ1) is 8.33. The molecular weight excluding hydrogens is 204 g/mol. The van der Waals surface area contributed by atoms with Gasteiger partial charge in [-0.2, -0.15) is 0 Å². The van der Waals surface area contributed by atoms with E-state index in [0.29, 0.717) is 5.92 Å². The van der Waals surface area contributed by atoms with E-state index in [9.17, 15) is 0 Å². The molecule has 0 aromatic rings. The summed E-state index contributed by atoms with van der Waals surface area (Å²) in [6.07, 6.45) is 21.3. The van der Waals surface area contributed by atoms with E-state index in [1.807, 2.05) is 0 Å². The first kappa shape index (κ1) is 12.7. The van der Waals surface area contributed by atoms with Crippen LogP contribution in [0.3, 0.4) is 0 Å². The summed E-state index contributed by atoms with van der Waals surface area (Å²) >= 11 is 0. The minimum atomic E-state index is 0.589. The molecule has 17 heavy (non-hydrogen) atoms. The molecular formula is C17H26. The maximum absolute atomic E-state index is 5.52. The van der Waals surface area contributed by atoms with Crippen molar-refractivity contribution in [3.05, 3.63) is 12.2 Å². The van der Waals surface area contributed by atoms with Crippen LogP contribution in [-0.4, -0.2) is 0 Å². The van der Waals surface area contributed by atoms with Crippen LogP contribution in [0.25, 0.3) is 0 Å². The van der Waals surface area contributed by atoms with Crippen molar-refractivity contribution >= 4 is 0 Å². The van der Waals surface area contributed by atoms with E-state index in [-0.39, 0.29) is 0 Å². The molecule has 0 radical (unpaired) electrons. The molecule has 0 heterocycles. The summed E-state index contributed by atoms with van der Waals surface area (Å²) in [5.41, 5.74) is 0. The van der Waals surface area contributed by atoms with Crippen LogP contribution in [0.4, 0.5) is 0 Å². The van der Waals surface area contributed by atoms with Crippen LogP contribution in [0, 0.1) is 36.0 Å². The van der Waals surface area contributed by atoms with Crippen LogP contribution >= 0.6 is 0 Å². The van der Waals surface area contributed by atoms with Gasteiger partial charge in [-0.3, -0.25) is 0 Å². The van der Waals surface area contributed by atoms with E-state index in [2.05, 4.69) is 25.0 Å². The van der Waals surface area contributed by atoms with E-state index < -0.39 is 0 Å². The van der Waals surface area contributed by atoms with E-state index in [4.69, 9.17) is 6.42 Å². The molecule has 2 fully saturated rings. The fourth-order valence-corrected chi connectivity index (χ4v) is 3.84. The standard InChI is InChI=1S/C17H26/c1-3-5-15-8-12-17(13-9-15)16-10-6-14(4-2)7-11-16/h2-3,5,14-17H,6-13H2,1H3/b5-3+. The van der Waals surface area contributed by atoms with Gasteiger partial charge in [0.1, 0.15) is 0 Å². The minimum absolute atomic E-state index is 0.589. The van der Waals surface area contributed by atoms with E-state index in [1.165, 1.54) is 51.4 Å². The lowest BCUT2D eigenvalue weighted by atomic mass is 9.69. The van der Waals surface area contributed by atoms with Crippen LogP contribution in [0.15, 0.2) is 12.2 Å². The number of allylic oxidation sites excluding steroid dienone is 2. The molecule has 0 unspecified atom stereocenters. The lowest BCUT2D eigenvalue weighted by Crippen LogP contribution is -2.25. The van der Waals surface area contributed by atoms with Gasteiger partial charge in [-0.1, -0.05) is 12.2 Å². The zero-order chi connectivity index (χ0) is 12.1. The van der Waals surface area contributed by atoms with Gasteiger partial charge in [-0.15, -0.1) is 12.3 Å². The Bertz CT molecular complexity index is 278. The molecule has 0 amide bonds. The summed E-state index contributed by atoms with van der Waals surface area (Å²) in [6.45, 7) is 2.15. The molecule has 0 nitrogen and oxygen atoms in total. The molecule has 0 bridgehead atoms. The molecule has 2 aliphatic rings. The normalized spacial score (nSPS) is 39.1. The van der Waals surface area contributed by atoms with Crippen molar-refractivity contribution in [2.45, 2.75) is 58.3 Å². The summed E-state index contributed by atoms with van der Waals surface area (Å²) in [5, 5.41) is 0. The largest absolute Gasteiger partial charge is 0.120 e. The van der Waals surface area contributed by atoms with Gasteiger partial charge < -0.3 is 0 Å². The highest BCUT2D eigenvalue weighted by molar-refractivity contribution is 4.97. The first-order valence-corrected chi connectivity index (χ1v) is 7.42. The minimum Gasteiger partial charge on any atom is -0.120 e. The quantitative estimate of drug-likeness (QED) is 0.472. The molecule has 0 aliphatic heterocycles. The SMILES string of the molecule is C#CC1CCC(C2CCC(/C=C/C)CC2)CC1. The van der Waals surface area contributed by atoms with E-state index in [0.717, 1.165) is 17.8 Å². The molecule has 0 saturated heterocycles. The second kappa shape index (κ2) is 6.29. The lowest BCUT2D eigenvalue weighted by molar-refractivity contribution is 0.168. The Morgan fingerprint density at radius 3 is 1.88 bits per heavy atom. The van der Waals surface area contributed by atoms with Crippen LogP contribution in [-0.2, 0) is 0 Å². The summed E-state index contributed by atoms with van der Waals surface area (Å²) in [4.78, 5) is 0. The smallest absolute Gasteiger partial charge is 0.0200 e. The molecule has 0 spiro atoms. The van der Waals surface area contributed by atoms with Gasteiger partial charge in [-0.25, -0.2) is 0 Å². The van der Waals surface area contributed by atoms with E-state index in [1.54, 1.807) is 0 Å². The number of rotatable bonds is 2. The third-order valence-corrected chi connectivity index (χ3v) is 4.96. The Hall–Kier alpha value is -0.700. The molecule has 2 aliphatic carbocycles. The van der Waals surface area contributed by atoms with Crippen molar-refractivity contribution in [1.82, 2.24) is 0 Å². The van der Waals surface area contributed by atoms with Crippen molar-refractivity contribution < 1.29 is 0 Å². The summed E-state index contributed by atoms with van der Waals surface area (Å²) < 4.78 is 0. The molecule has 2 rings (SSSR count). The average Bonchev–Trinajstić information content (AvgIpc) is 2.40. The van der Waals surface area contributed by atoms with Gasteiger partial charge in [0.2, 0.25) is 0 Å². The van der Waals surface area contributed by atoms with Crippen molar-refractivity contribution in [1.29, 1.82) is 0 Å². The number of terminal acetylenes is 1.